The molecule has 0 aromatic heterocycles. The van der Waals surface area contributed by atoms with Crippen LogP contribution < -0.4 is 5.32 Å². The van der Waals surface area contributed by atoms with Gasteiger partial charge in [0.2, 0.25) is 0 Å². The number of rotatable bonds is 3. The van der Waals surface area contributed by atoms with Gasteiger partial charge in [-0.25, -0.2) is 0 Å². The monoisotopic (exact) mass is 324 g/mol. The fourth-order valence-electron chi connectivity index (χ4n) is 2.99. The maximum atomic E-state index is 12.9. The summed E-state index contributed by atoms with van der Waals surface area (Å²) in [5.41, 5.74) is 2.60. The van der Waals surface area contributed by atoms with Crippen LogP contribution in [0, 0.1) is 0 Å². The fraction of sp³-hybridized carbons (Fsp3) is 0.211. The van der Waals surface area contributed by atoms with E-state index in [1.165, 1.54) is 0 Å². The summed E-state index contributed by atoms with van der Waals surface area (Å²) in [7, 11) is 0. The van der Waals surface area contributed by atoms with Crippen LogP contribution in [0.3, 0.4) is 0 Å². The molecule has 23 heavy (non-hydrogen) atoms. The molecule has 4 heteroatoms. The SMILES string of the molecule is O=C1c2ccccc2N[C@H](/C(Cl)=C/c2ccccc2)N1C1CC1. The number of anilines is 1. The number of amides is 1. The lowest BCUT2D eigenvalue weighted by Crippen LogP contribution is -2.50. The highest BCUT2D eigenvalue weighted by Gasteiger charge is 2.42. The number of benzene rings is 2. The van der Waals surface area contributed by atoms with Crippen molar-refractivity contribution < 1.29 is 4.79 Å². The Kier molecular flexibility index (Phi) is 3.58. The van der Waals surface area contributed by atoms with Crippen LogP contribution in [0.1, 0.15) is 28.8 Å². The zero-order chi connectivity index (χ0) is 15.8. The van der Waals surface area contributed by atoms with Crippen LogP contribution in [-0.2, 0) is 0 Å². The van der Waals surface area contributed by atoms with Gasteiger partial charge < -0.3 is 10.2 Å². The predicted octanol–water partition coefficient (Wildman–Crippen LogP) is 4.32. The summed E-state index contributed by atoms with van der Waals surface area (Å²) in [6.45, 7) is 0. The quantitative estimate of drug-likeness (QED) is 0.911. The first-order valence-electron chi connectivity index (χ1n) is 7.84. The van der Waals surface area contributed by atoms with E-state index in [1.807, 2.05) is 65.6 Å². The topological polar surface area (TPSA) is 32.3 Å². The molecular weight excluding hydrogens is 308 g/mol. The average Bonchev–Trinajstić information content (AvgIpc) is 3.40. The molecule has 1 aliphatic carbocycles. The average molecular weight is 325 g/mol. The van der Waals surface area contributed by atoms with Gasteiger partial charge in [-0.2, -0.15) is 0 Å². The van der Waals surface area contributed by atoms with E-state index in [-0.39, 0.29) is 18.1 Å². The highest BCUT2D eigenvalue weighted by Crippen LogP contribution is 2.38. The molecule has 2 aromatic carbocycles. The molecular formula is C19H17ClN2O. The summed E-state index contributed by atoms with van der Waals surface area (Å²) in [5.74, 6) is 0.0615. The van der Waals surface area contributed by atoms with Crippen LogP contribution in [-0.4, -0.2) is 23.0 Å². The van der Waals surface area contributed by atoms with E-state index in [0.29, 0.717) is 5.03 Å². The Morgan fingerprint density at radius 3 is 2.52 bits per heavy atom. The van der Waals surface area contributed by atoms with Crippen molar-refractivity contribution in [3.63, 3.8) is 0 Å². The van der Waals surface area contributed by atoms with Crippen molar-refractivity contribution in [3.05, 3.63) is 70.8 Å². The van der Waals surface area contributed by atoms with Crippen molar-refractivity contribution >= 4 is 29.3 Å². The molecule has 3 nitrogen and oxygen atoms in total. The highest BCUT2D eigenvalue weighted by atomic mass is 35.5. The summed E-state index contributed by atoms with van der Waals surface area (Å²) in [5, 5.41) is 4.05. The number of hydrogen-bond donors (Lipinski definition) is 1. The van der Waals surface area contributed by atoms with Crippen molar-refractivity contribution in [1.82, 2.24) is 4.90 Å². The van der Waals surface area contributed by atoms with Crippen molar-refractivity contribution in [1.29, 1.82) is 0 Å². The number of nitrogens with one attached hydrogen (secondary N) is 1. The minimum atomic E-state index is -0.299. The highest BCUT2D eigenvalue weighted by molar-refractivity contribution is 6.32. The third kappa shape index (κ3) is 2.73. The molecule has 0 radical (unpaired) electrons. The van der Waals surface area contributed by atoms with E-state index < -0.39 is 0 Å². The normalized spacial score (nSPS) is 20.9. The number of nitrogens with zero attached hydrogens (tertiary/aromatic N) is 1. The number of halogens is 1. The third-order valence-electron chi connectivity index (χ3n) is 4.27. The number of carbonyl (C=O) groups excluding carboxylic acids is 1. The van der Waals surface area contributed by atoms with Crippen LogP contribution in [0.15, 0.2) is 59.6 Å². The number of fused-ring (bicyclic) bond motifs is 1. The van der Waals surface area contributed by atoms with E-state index in [0.717, 1.165) is 29.7 Å². The largest absolute Gasteiger partial charge is 0.360 e. The van der Waals surface area contributed by atoms with Crippen molar-refractivity contribution in [2.75, 3.05) is 5.32 Å². The second-order valence-corrected chi connectivity index (χ2v) is 6.41. The van der Waals surface area contributed by atoms with Gasteiger partial charge in [0.1, 0.15) is 6.17 Å². The molecule has 2 aliphatic rings. The second-order valence-electron chi connectivity index (χ2n) is 5.98. The van der Waals surface area contributed by atoms with E-state index >= 15 is 0 Å². The van der Waals surface area contributed by atoms with Gasteiger partial charge in [-0.15, -0.1) is 0 Å². The van der Waals surface area contributed by atoms with E-state index in [9.17, 15) is 4.79 Å². The number of para-hydroxylation sites is 1. The molecule has 1 heterocycles. The molecule has 4 rings (SSSR count). The first kappa shape index (κ1) is 14.3. The van der Waals surface area contributed by atoms with Crippen LogP contribution in [0.25, 0.3) is 6.08 Å². The lowest BCUT2D eigenvalue weighted by atomic mass is 10.1. The summed E-state index contributed by atoms with van der Waals surface area (Å²) in [6.07, 6.45) is 3.71. The molecule has 0 bridgehead atoms. The van der Waals surface area contributed by atoms with Crippen molar-refractivity contribution in [3.8, 4) is 0 Å². The van der Waals surface area contributed by atoms with Gasteiger partial charge in [0.25, 0.3) is 5.91 Å². The van der Waals surface area contributed by atoms with E-state index in [4.69, 9.17) is 11.6 Å². The van der Waals surface area contributed by atoms with Crippen LogP contribution in [0.5, 0.6) is 0 Å². The number of hydrogen-bond acceptors (Lipinski definition) is 2. The molecule has 1 amide bonds. The van der Waals surface area contributed by atoms with Crippen LogP contribution in [0.2, 0.25) is 0 Å². The van der Waals surface area contributed by atoms with E-state index in [2.05, 4.69) is 5.32 Å². The second kappa shape index (κ2) is 5.74. The molecule has 1 aliphatic heterocycles. The summed E-state index contributed by atoms with van der Waals surface area (Å²) in [4.78, 5) is 14.8. The van der Waals surface area contributed by atoms with Gasteiger partial charge in [-0.3, -0.25) is 4.79 Å². The lowest BCUT2D eigenvalue weighted by Gasteiger charge is -2.38. The molecule has 116 valence electrons. The molecule has 1 saturated carbocycles. The standard InChI is InChI=1S/C19H17ClN2O/c20-16(12-13-6-2-1-3-7-13)18-21-17-9-5-4-8-15(17)19(23)22(18)14-10-11-14/h1-9,12,14,18,21H,10-11H2/b16-12-/t18-/m0/s1. The smallest absolute Gasteiger partial charge is 0.258 e. The minimum absolute atomic E-state index is 0.0615. The summed E-state index contributed by atoms with van der Waals surface area (Å²) < 4.78 is 0. The van der Waals surface area contributed by atoms with Gasteiger partial charge in [0.15, 0.2) is 0 Å². The van der Waals surface area contributed by atoms with Gasteiger partial charge in [-0.05, 0) is 36.6 Å². The Bertz CT molecular complexity index is 768. The van der Waals surface area contributed by atoms with Crippen LogP contribution in [0.4, 0.5) is 5.69 Å². The van der Waals surface area contributed by atoms with Gasteiger partial charge in [0.05, 0.1) is 10.6 Å². The maximum absolute atomic E-state index is 12.9. The summed E-state index contributed by atoms with van der Waals surface area (Å²) in [6, 6.07) is 17.8. The minimum Gasteiger partial charge on any atom is -0.360 e. The van der Waals surface area contributed by atoms with Gasteiger partial charge >= 0.3 is 0 Å². The molecule has 0 unspecified atom stereocenters. The Morgan fingerprint density at radius 1 is 1.09 bits per heavy atom. The zero-order valence-electron chi connectivity index (χ0n) is 12.6. The maximum Gasteiger partial charge on any atom is 0.258 e. The predicted molar refractivity (Wildman–Crippen MR) is 93.3 cm³/mol. The zero-order valence-corrected chi connectivity index (χ0v) is 13.3. The Hall–Kier alpha value is -2.26. The first-order valence-corrected chi connectivity index (χ1v) is 8.22. The van der Waals surface area contributed by atoms with Gasteiger partial charge in [-0.1, -0.05) is 54.1 Å². The molecule has 2 aromatic rings. The van der Waals surface area contributed by atoms with Gasteiger partial charge in [0, 0.05) is 11.7 Å². The Labute approximate surface area is 140 Å². The molecule has 0 saturated heterocycles. The summed E-state index contributed by atoms with van der Waals surface area (Å²) >= 11 is 6.60. The molecule has 1 atom stereocenters. The lowest BCUT2D eigenvalue weighted by molar-refractivity contribution is 0.0700. The Morgan fingerprint density at radius 2 is 1.78 bits per heavy atom. The molecule has 0 spiro atoms. The van der Waals surface area contributed by atoms with Crippen LogP contribution >= 0.6 is 11.6 Å². The Balaban J connectivity index is 1.72. The van der Waals surface area contributed by atoms with Crippen molar-refractivity contribution in [2.45, 2.75) is 25.0 Å². The van der Waals surface area contributed by atoms with Crippen molar-refractivity contribution in [2.24, 2.45) is 0 Å². The fourth-order valence-corrected chi connectivity index (χ4v) is 3.27. The molecule has 1 N–H and O–H groups in total. The molecule has 1 fully saturated rings. The first-order chi connectivity index (χ1) is 11.2. The number of carbonyl (C=O) groups is 1. The van der Waals surface area contributed by atoms with E-state index in [1.54, 1.807) is 0 Å². The third-order valence-corrected chi connectivity index (χ3v) is 4.58.